The standard InChI is InChI=1S/C23H23Cl2N3O7S2/c1-34-16-9-12-21(35-2)20(13-16)28(36(3,30)31)14-22(29)26-15-7-10-17(11-8-15)37(32,33)27-19-6-4-5-18(24)23(19)25/h4-13,27H,14H2,1-3H3,(H,26,29). The van der Waals surface area contributed by atoms with Gasteiger partial charge in [0.25, 0.3) is 10.0 Å². The second-order valence-electron chi connectivity index (χ2n) is 7.59. The highest BCUT2D eigenvalue weighted by molar-refractivity contribution is 7.92. The lowest BCUT2D eigenvalue weighted by Gasteiger charge is -2.24. The topological polar surface area (TPSA) is 131 Å². The van der Waals surface area contributed by atoms with E-state index in [1.54, 1.807) is 12.1 Å². The fourth-order valence-corrected chi connectivity index (χ4v) is 5.53. The van der Waals surface area contributed by atoms with Crippen LogP contribution in [0.5, 0.6) is 11.5 Å². The fraction of sp³-hybridized carbons (Fsp3) is 0.174. The van der Waals surface area contributed by atoms with Gasteiger partial charge in [0.2, 0.25) is 15.9 Å². The van der Waals surface area contributed by atoms with Crippen molar-refractivity contribution in [1.82, 2.24) is 0 Å². The Balaban J connectivity index is 1.78. The first-order chi connectivity index (χ1) is 17.4. The summed E-state index contributed by atoms with van der Waals surface area (Å²) in [5, 5.41) is 2.80. The Morgan fingerprint density at radius 3 is 2.22 bits per heavy atom. The molecule has 0 saturated heterocycles. The molecule has 3 rings (SSSR count). The van der Waals surface area contributed by atoms with Gasteiger partial charge in [0.1, 0.15) is 18.0 Å². The lowest BCUT2D eigenvalue weighted by atomic mass is 10.2. The van der Waals surface area contributed by atoms with Crippen LogP contribution in [-0.2, 0) is 24.8 Å². The van der Waals surface area contributed by atoms with Crippen molar-refractivity contribution in [3.8, 4) is 11.5 Å². The molecule has 0 heterocycles. The Morgan fingerprint density at radius 2 is 1.62 bits per heavy atom. The number of methoxy groups -OCH3 is 2. The van der Waals surface area contributed by atoms with Crippen LogP contribution in [0, 0.1) is 0 Å². The van der Waals surface area contributed by atoms with E-state index in [0.29, 0.717) is 5.75 Å². The summed E-state index contributed by atoms with van der Waals surface area (Å²) in [4.78, 5) is 12.6. The molecule has 0 unspecified atom stereocenters. The molecule has 0 spiro atoms. The number of rotatable bonds is 10. The average molecular weight is 588 g/mol. The van der Waals surface area contributed by atoms with Gasteiger partial charge in [0.05, 0.1) is 46.8 Å². The summed E-state index contributed by atoms with van der Waals surface area (Å²) in [6, 6.07) is 14.4. The van der Waals surface area contributed by atoms with Gasteiger partial charge in [-0.05, 0) is 48.5 Å². The molecule has 3 aromatic carbocycles. The van der Waals surface area contributed by atoms with E-state index in [0.717, 1.165) is 10.6 Å². The molecule has 14 heteroatoms. The summed E-state index contributed by atoms with van der Waals surface area (Å²) in [5.41, 5.74) is 0.475. The van der Waals surface area contributed by atoms with E-state index in [2.05, 4.69) is 10.0 Å². The van der Waals surface area contributed by atoms with Crippen molar-refractivity contribution in [2.24, 2.45) is 0 Å². The molecule has 2 N–H and O–H groups in total. The Kier molecular flexibility index (Phi) is 8.80. The summed E-state index contributed by atoms with van der Waals surface area (Å²) in [7, 11) is -5.11. The van der Waals surface area contributed by atoms with Gasteiger partial charge < -0.3 is 14.8 Å². The van der Waals surface area contributed by atoms with E-state index in [1.165, 1.54) is 62.8 Å². The molecular weight excluding hydrogens is 565 g/mol. The molecule has 10 nitrogen and oxygen atoms in total. The van der Waals surface area contributed by atoms with Crippen LogP contribution in [0.15, 0.2) is 65.6 Å². The normalized spacial score (nSPS) is 11.5. The van der Waals surface area contributed by atoms with E-state index in [-0.39, 0.29) is 37.8 Å². The highest BCUT2D eigenvalue weighted by atomic mass is 35.5. The van der Waals surface area contributed by atoms with Crippen LogP contribution in [0.1, 0.15) is 0 Å². The first kappa shape index (κ1) is 28.4. The first-order valence-corrected chi connectivity index (χ1v) is 14.5. The third-order valence-corrected chi connectivity index (χ3v) is 8.31. The molecule has 0 fully saturated rings. The summed E-state index contributed by atoms with van der Waals surface area (Å²) < 4.78 is 64.1. The van der Waals surface area contributed by atoms with E-state index in [1.807, 2.05) is 0 Å². The van der Waals surface area contributed by atoms with Crippen molar-refractivity contribution in [2.45, 2.75) is 4.90 Å². The van der Waals surface area contributed by atoms with Crippen LogP contribution in [-0.4, -0.2) is 49.8 Å². The zero-order chi connectivity index (χ0) is 27.4. The first-order valence-electron chi connectivity index (χ1n) is 10.4. The van der Waals surface area contributed by atoms with E-state index < -0.39 is 32.5 Å². The molecular formula is C23H23Cl2N3O7S2. The van der Waals surface area contributed by atoms with Gasteiger partial charge in [-0.2, -0.15) is 0 Å². The molecule has 3 aromatic rings. The Labute approximate surface area is 225 Å². The molecule has 1 amide bonds. The average Bonchev–Trinajstić information content (AvgIpc) is 2.84. The minimum atomic E-state index is -4.01. The Bertz CT molecular complexity index is 1510. The van der Waals surface area contributed by atoms with Gasteiger partial charge in [-0.25, -0.2) is 16.8 Å². The SMILES string of the molecule is COc1ccc(OC)c(N(CC(=O)Nc2ccc(S(=O)(=O)Nc3cccc(Cl)c3Cl)cc2)S(C)(=O)=O)c1. The molecule has 0 atom stereocenters. The molecule has 0 saturated carbocycles. The van der Waals surface area contributed by atoms with E-state index in [4.69, 9.17) is 32.7 Å². The van der Waals surface area contributed by atoms with Crippen molar-refractivity contribution in [3.63, 3.8) is 0 Å². The van der Waals surface area contributed by atoms with E-state index in [9.17, 15) is 21.6 Å². The Morgan fingerprint density at radius 1 is 0.946 bits per heavy atom. The summed E-state index contributed by atoms with van der Waals surface area (Å²) >= 11 is 12.0. The number of benzene rings is 3. The number of nitrogens with one attached hydrogen (secondary N) is 2. The predicted octanol–water partition coefficient (Wildman–Crippen LogP) is 4.22. The number of amides is 1. The van der Waals surface area contributed by atoms with Gasteiger partial charge in [0.15, 0.2) is 0 Å². The Hall–Kier alpha value is -3.19. The molecule has 37 heavy (non-hydrogen) atoms. The van der Waals surface area contributed by atoms with Crippen LogP contribution in [0.4, 0.5) is 17.1 Å². The van der Waals surface area contributed by atoms with Crippen LogP contribution < -0.4 is 23.8 Å². The molecule has 0 radical (unpaired) electrons. The number of ether oxygens (including phenoxy) is 2. The molecule has 0 aliphatic carbocycles. The predicted molar refractivity (Wildman–Crippen MR) is 144 cm³/mol. The summed E-state index contributed by atoms with van der Waals surface area (Å²) in [6.07, 6.45) is 0.956. The maximum atomic E-state index is 12.7. The molecule has 0 aromatic heterocycles. The number of nitrogens with zero attached hydrogens (tertiary/aromatic N) is 1. The largest absolute Gasteiger partial charge is 0.497 e. The van der Waals surface area contributed by atoms with Crippen LogP contribution >= 0.6 is 23.2 Å². The third kappa shape index (κ3) is 6.98. The smallest absolute Gasteiger partial charge is 0.261 e. The van der Waals surface area contributed by atoms with Crippen LogP contribution in [0.3, 0.4) is 0 Å². The van der Waals surface area contributed by atoms with Crippen LogP contribution in [0.2, 0.25) is 10.0 Å². The van der Waals surface area contributed by atoms with Crippen molar-refractivity contribution in [3.05, 3.63) is 70.7 Å². The van der Waals surface area contributed by atoms with Crippen molar-refractivity contribution in [1.29, 1.82) is 0 Å². The fourth-order valence-electron chi connectivity index (χ4n) is 3.21. The minimum absolute atomic E-state index is 0.0553. The van der Waals surface area contributed by atoms with Crippen molar-refractivity contribution < 1.29 is 31.1 Å². The number of anilines is 3. The third-order valence-electron chi connectivity index (χ3n) is 4.99. The van der Waals surface area contributed by atoms with Crippen molar-refractivity contribution >= 4 is 66.2 Å². The van der Waals surface area contributed by atoms with Gasteiger partial charge in [0, 0.05) is 11.8 Å². The molecule has 0 aliphatic heterocycles. The number of sulfonamides is 2. The quantitative estimate of drug-likeness (QED) is 0.363. The molecule has 0 bridgehead atoms. The van der Waals surface area contributed by atoms with Gasteiger partial charge in [-0.1, -0.05) is 29.3 Å². The molecule has 198 valence electrons. The number of carbonyl (C=O) groups excluding carboxylic acids is 1. The monoisotopic (exact) mass is 587 g/mol. The maximum absolute atomic E-state index is 12.7. The maximum Gasteiger partial charge on any atom is 0.261 e. The minimum Gasteiger partial charge on any atom is -0.497 e. The second kappa shape index (κ2) is 11.5. The highest BCUT2D eigenvalue weighted by Gasteiger charge is 2.25. The van der Waals surface area contributed by atoms with Crippen LogP contribution in [0.25, 0.3) is 0 Å². The highest BCUT2D eigenvalue weighted by Crippen LogP contribution is 2.34. The lowest BCUT2D eigenvalue weighted by molar-refractivity contribution is -0.114. The van der Waals surface area contributed by atoms with E-state index >= 15 is 0 Å². The number of carbonyl (C=O) groups is 1. The van der Waals surface area contributed by atoms with Crippen molar-refractivity contribution in [2.75, 3.05) is 41.4 Å². The zero-order valence-corrected chi connectivity index (χ0v) is 23.0. The van der Waals surface area contributed by atoms with Gasteiger partial charge in [-0.15, -0.1) is 0 Å². The van der Waals surface area contributed by atoms with Gasteiger partial charge in [-0.3, -0.25) is 13.8 Å². The summed E-state index contributed by atoms with van der Waals surface area (Å²) in [5.74, 6) is -0.0787. The number of hydrogen-bond donors (Lipinski definition) is 2. The summed E-state index contributed by atoms with van der Waals surface area (Å²) in [6.45, 7) is -0.572. The molecule has 0 aliphatic rings. The lowest BCUT2D eigenvalue weighted by Crippen LogP contribution is -2.37. The second-order valence-corrected chi connectivity index (χ2v) is 12.0. The zero-order valence-electron chi connectivity index (χ0n) is 19.9. The van der Waals surface area contributed by atoms with Gasteiger partial charge >= 0.3 is 0 Å². The number of halogens is 2. The number of hydrogen-bond acceptors (Lipinski definition) is 7.